The molecule has 1 amide bonds. The molecule has 0 aromatic heterocycles. The average Bonchev–Trinajstić information content (AvgIpc) is 2.43. The first kappa shape index (κ1) is 21.2. The Balaban J connectivity index is 0.00000484. The van der Waals surface area contributed by atoms with E-state index >= 15 is 0 Å². The zero-order chi connectivity index (χ0) is 17.1. The standard InChI is InChI=1S/C14H19F2N3O3.ClH/c1-13(2,3)10-5-4-9(6-11(10)19(21)22)12(20)18-8-14(15,16)7-17;/h4-6H,7-8,17H2,1-3H3,(H,18,20);1H. The maximum absolute atomic E-state index is 13.0. The highest BCUT2D eigenvalue weighted by atomic mass is 35.5. The van der Waals surface area contributed by atoms with Crippen LogP contribution in [0.4, 0.5) is 14.5 Å². The summed E-state index contributed by atoms with van der Waals surface area (Å²) in [6.07, 6.45) is 0. The number of carbonyl (C=O) groups is 1. The molecule has 6 nitrogen and oxygen atoms in total. The summed E-state index contributed by atoms with van der Waals surface area (Å²) in [5.41, 5.74) is 4.58. The Bertz CT molecular complexity index is 589. The normalized spacial score (nSPS) is 11.6. The first-order chi connectivity index (χ1) is 9.98. The Kier molecular flexibility index (Phi) is 7.05. The van der Waals surface area contributed by atoms with Gasteiger partial charge in [-0.15, -0.1) is 12.4 Å². The van der Waals surface area contributed by atoms with Crippen LogP contribution in [0.25, 0.3) is 0 Å². The fourth-order valence-electron chi connectivity index (χ4n) is 1.84. The van der Waals surface area contributed by atoms with E-state index in [0.717, 1.165) is 6.07 Å². The minimum atomic E-state index is -3.22. The molecule has 1 aromatic rings. The minimum absolute atomic E-state index is 0. The van der Waals surface area contributed by atoms with Gasteiger partial charge >= 0.3 is 0 Å². The van der Waals surface area contributed by atoms with Crippen LogP contribution in [0.3, 0.4) is 0 Å². The number of nitrogens with zero attached hydrogens (tertiary/aromatic N) is 1. The van der Waals surface area contributed by atoms with Crippen LogP contribution in [0, 0.1) is 10.1 Å². The Morgan fingerprint density at radius 2 is 1.91 bits per heavy atom. The van der Waals surface area contributed by atoms with Gasteiger partial charge in [-0.05, 0) is 11.5 Å². The summed E-state index contributed by atoms with van der Waals surface area (Å²) in [5.74, 6) is -4.02. The van der Waals surface area contributed by atoms with Crippen molar-refractivity contribution in [3.63, 3.8) is 0 Å². The summed E-state index contributed by atoms with van der Waals surface area (Å²) in [7, 11) is 0. The Morgan fingerprint density at radius 1 is 1.35 bits per heavy atom. The molecule has 130 valence electrons. The summed E-state index contributed by atoms with van der Waals surface area (Å²) in [4.78, 5) is 22.4. The molecule has 3 N–H and O–H groups in total. The summed E-state index contributed by atoms with van der Waals surface area (Å²) >= 11 is 0. The van der Waals surface area contributed by atoms with Crippen LogP contribution in [0.1, 0.15) is 36.7 Å². The van der Waals surface area contributed by atoms with Crippen molar-refractivity contribution in [2.45, 2.75) is 32.1 Å². The SMILES string of the molecule is CC(C)(C)c1ccc(C(=O)NCC(F)(F)CN)cc1[N+](=O)[O-].Cl. The van der Waals surface area contributed by atoms with Gasteiger partial charge in [-0.1, -0.05) is 26.8 Å². The predicted molar refractivity (Wildman–Crippen MR) is 85.4 cm³/mol. The number of nitro benzene ring substituents is 1. The number of amides is 1. The van der Waals surface area contributed by atoms with Crippen molar-refractivity contribution in [2.75, 3.05) is 13.1 Å². The van der Waals surface area contributed by atoms with E-state index in [-0.39, 0.29) is 23.7 Å². The summed E-state index contributed by atoms with van der Waals surface area (Å²) in [6.45, 7) is 3.60. The first-order valence-electron chi connectivity index (χ1n) is 6.63. The van der Waals surface area contributed by atoms with E-state index in [1.807, 2.05) is 5.32 Å². The number of hydrogen-bond acceptors (Lipinski definition) is 4. The van der Waals surface area contributed by atoms with Crippen molar-refractivity contribution in [1.29, 1.82) is 0 Å². The second-order valence-electron chi connectivity index (χ2n) is 5.98. The molecule has 0 radical (unpaired) electrons. The topological polar surface area (TPSA) is 98.3 Å². The molecule has 1 rings (SSSR count). The summed E-state index contributed by atoms with van der Waals surface area (Å²) in [6, 6.07) is 3.94. The van der Waals surface area contributed by atoms with E-state index in [2.05, 4.69) is 0 Å². The largest absolute Gasteiger partial charge is 0.346 e. The van der Waals surface area contributed by atoms with E-state index in [0.29, 0.717) is 5.56 Å². The van der Waals surface area contributed by atoms with Gasteiger partial charge in [0.25, 0.3) is 17.5 Å². The fourth-order valence-corrected chi connectivity index (χ4v) is 1.84. The molecule has 0 bridgehead atoms. The Labute approximate surface area is 139 Å². The van der Waals surface area contributed by atoms with Gasteiger partial charge in [0.2, 0.25) is 0 Å². The molecule has 0 heterocycles. The van der Waals surface area contributed by atoms with Crippen LogP contribution in [0.2, 0.25) is 0 Å². The monoisotopic (exact) mass is 351 g/mol. The highest BCUT2D eigenvalue weighted by Crippen LogP contribution is 2.31. The third kappa shape index (κ3) is 5.72. The number of rotatable bonds is 5. The molecule has 0 unspecified atom stereocenters. The van der Waals surface area contributed by atoms with Gasteiger partial charge in [0.05, 0.1) is 18.0 Å². The number of halogens is 3. The molecule has 0 atom stereocenters. The molecule has 0 saturated carbocycles. The molecular formula is C14H20ClF2N3O3. The predicted octanol–water partition coefficient (Wildman–Crippen LogP) is 2.64. The average molecular weight is 352 g/mol. The molecule has 23 heavy (non-hydrogen) atoms. The van der Waals surface area contributed by atoms with Gasteiger partial charge in [-0.3, -0.25) is 14.9 Å². The molecular weight excluding hydrogens is 332 g/mol. The van der Waals surface area contributed by atoms with Crippen LogP contribution in [-0.4, -0.2) is 29.8 Å². The lowest BCUT2D eigenvalue weighted by Crippen LogP contribution is -2.41. The number of nitrogens with two attached hydrogens (primary N) is 1. The zero-order valence-corrected chi connectivity index (χ0v) is 13.9. The van der Waals surface area contributed by atoms with Crippen molar-refractivity contribution in [3.8, 4) is 0 Å². The van der Waals surface area contributed by atoms with Gasteiger partial charge in [-0.25, -0.2) is 8.78 Å². The smallest absolute Gasteiger partial charge is 0.277 e. The number of nitrogens with one attached hydrogen (secondary N) is 1. The Morgan fingerprint density at radius 3 is 2.35 bits per heavy atom. The summed E-state index contributed by atoms with van der Waals surface area (Å²) < 4.78 is 26.0. The van der Waals surface area contributed by atoms with Gasteiger partial charge in [-0.2, -0.15) is 0 Å². The van der Waals surface area contributed by atoms with E-state index in [1.54, 1.807) is 20.8 Å². The van der Waals surface area contributed by atoms with Gasteiger partial charge < -0.3 is 11.1 Å². The van der Waals surface area contributed by atoms with E-state index in [9.17, 15) is 23.7 Å². The fraction of sp³-hybridized carbons (Fsp3) is 0.500. The number of hydrogen-bond donors (Lipinski definition) is 2. The highest BCUT2D eigenvalue weighted by Gasteiger charge is 2.29. The van der Waals surface area contributed by atoms with Crippen LogP contribution >= 0.6 is 12.4 Å². The van der Waals surface area contributed by atoms with Crippen molar-refractivity contribution in [1.82, 2.24) is 5.32 Å². The van der Waals surface area contributed by atoms with Crippen LogP contribution < -0.4 is 11.1 Å². The maximum atomic E-state index is 13.0. The quantitative estimate of drug-likeness (QED) is 0.629. The molecule has 0 aliphatic heterocycles. The van der Waals surface area contributed by atoms with Crippen LogP contribution in [-0.2, 0) is 5.41 Å². The third-order valence-electron chi connectivity index (χ3n) is 3.07. The molecule has 0 saturated heterocycles. The van der Waals surface area contributed by atoms with E-state index < -0.39 is 35.3 Å². The van der Waals surface area contributed by atoms with Gasteiger partial charge in [0.15, 0.2) is 0 Å². The molecule has 0 fully saturated rings. The minimum Gasteiger partial charge on any atom is -0.346 e. The Hall–Kier alpha value is -1.80. The highest BCUT2D eigenvalue weighted by molar-refractivity contribution is 5.95. The maximum Gasteiger partial charge on any atom is 0.277 e. The lowest BCUT2D eigenvalue weighted by atomic mass is 9.85. The lowest BCUT2D eigenvalue weighted by Gasteiger charge is -2.19. The first-order valence-corrected chi connectivity index (χ1v) is 6.63. The van der Waals surface area contributed by atoms with Crippen molar-refractivity contribution in [3.05, 3.63) is 39.4 Å². The molecule has 1 aromatic carbocycles. The number of alkyl halides is 2. The second kappa shape index (κ2) is 7.65. The molecule has 0 aliphatic carbocycles. The number of benzene rings is 1. The molecule has 0 aliphatic rings. The van der Waals surface area contributed by atoms with E-state index in [4.69, 9.17) is 5.73 Å². The van der Waals surface area contributed by atoms with Gasteiger partial charge in [0.1, 0.15) is 0 Å². The van der Waals surface area contributed by atoms with Crippen molar-refractivity contribution in [2.24, 2.45) is 5.73 Å². The van der Waals surface area contributed by atoms with Crippen LogP contribution in [0.15, 0.2) is 18.2 Å². The van der Waals surface area contributed by atoms with Crippen LogP contribution in [0.5, 0.6) is 0 Å². The van der Waals surface area contributed by atoms with Crippen molar-refractivity contribution >= 4 is 24.0 Å². The number of carbonyl (C=O) groups excluding carboxylic acids is 1. The second-order valence-corrected chi connectivity index (χ2v) is 5.98. The van der Waals surface area contributed by atoms with Gasteiger partial charge in [0, 0.05) is 17.2 Å². The molecule has 0 spiro atoms. The number of nitro groups is 1. The zero-order valence-electron chi connectivity index (χ0n) is 13.1. The van der Waals surface area contributed by atoms with Crippen molar-refractivity contribution < 1.29 is 18.5 Å². The third-order valence-corrected chi connectivity index (χ3v) is 3.07. The summed E-state index contributed by atoms with van der Waals surface area (Å²) in [5, 5.41) is 13.2. The molecule has 9 heteroatoms. The van der Waals surface area contributed by atoms with E-state index in [1.165, 1.54) is 12.1 Å². The lowest BCUT2D eigenvalue weighted by molar-refractivity contribution is -0.386.